The summed E-state index contributed by atoms with van der Waals surface area (Å²) in [6, 6.07) is 0.755. The van der Waals surface area contributed by atoms with E-state index in [4.69, 9.17) is 12.2 Å². The molecule has 3 heteroatoms. The van der Waals surface area contributed by atoms with Gasteiger partial charge in [0.1, 0.15) is 0 Å². The first-order valence-corrected chi connectivity index (χ1v) is 7.67. The van der Waals surface area contributed by atoms with Gasteiger partial charge >= 0.3 is 0 Å². The van der Waals surface area contributed by atoms with Gasteiger partial charge < -0.3 is 10.6 Å². The number of nitrogens with zero attached hydrogens (tertiary/aromatic N) is 1. The Hall–Kier alpha value is -1.01. The maximum Gasteiger partial charge on any atom is 0.222 e. The van der Waals surface area contributed by atoms with Gasteiger partial charge in [-0.15, -0.1) is 12.3 Å². The van der Waals surface area contributed by atoms with E-state index in [0.717, 1.165) is 57.9 Å². The molecule has 1 fully saturated rings. The second-order valence-electron chi connectivity index (χ2n) is 5.57. The number of hydrogen-bond donors (Lipinski definition) is 1. The predicted molar refractivity (Wildman–Crippen MR) is 79.5 cm³/mol. The Kier molecular flexibility index (Phi) is 7.59. The number of amides is 1. The molecule has 0 aromatic heterocycles. The molecule has 1 aliphatic carbocycles. The Labute approximate surface area is 117 Å². The molecule has 0 radical (unpaired) electrons. The van der Waals surface area contributed by atoms with Crippen molar-refractivity contribution in [3.8, 4) is 12.3 Å². The highest BCUT2D eigenvalue weighted by atomic mass is 16.2. The highest BCUT2D eigenvalue weighted by Crippen LogP contribution is 2.23. The van der Waals surface area contributed by atoms with Crippen LogP contribution in [-0.2, 0) is 4.79 Å². The van der Waals surface area contributed by atoms with E-state index in [1.807, 2.05) is 0 Å². The van der Waals surface area contributed by atoms with Crippen LogP contribution in [0.1, 0.15) is 64.7 Å². The highest BCUT2D eigenvalue weighted by Gasteiger charge is 2.26. The van der Waals surface area contributed by atoms with Crippen molar-refractivity contribution >= 4 is 5.91 Å². The first-order chi connectivity index (χ1) is 9.19. The molecular formula is C16H28N2O. The predicted octanol–water partition coefficient (Wildman–Crippen LogP) is 2.69. The summed E-state index contributed by atoms with van der Waals surface area (Å²) in [4.78, 5) is 14.4. The lowest BCUT2D eigenvalue weighted by molar-refractivity contribution is -0.134. The molecule has 0 bridgehead atoms. The lowest BCUT2D eigenvalue weighted by Gasteiger charge is -2.36. The van der Waals surface area contributed by atoms with E-state index in [2.05, 4.69) is 17.7 Å². The average molecular weight is 264 g/mol. The van der Waals surface area contributed by atoms with Crippen LogP contribution in [-0.4, -0.2) is 29.4 Å². The number of carbonyl (C=O) groups is 1. The first kappa shape index (κ1) is 16.0. The maximum atomic E-state index is 12.3. The summed E-state index contributed by atoms with van der Waals surface area (Å²) < 4.78 is 0. The first-order valence-electron chi connectivity index (χ1n) is 7.67. The van der Waals surface area contributed by atoms with Crippen LogP contribution in [0.4, 0.5) is 0 Å². The fourth-order valence-electron chi connectivity index (χ4n) is 2.81. The molecule has 0 aromatic rings. The van der Waals surface area contributed by atoms with Crippen molar-refractivity contribution in [2.24, 2.45) is 5.73 Å². The molecular weight excluding hydrogens is 236 g/mol. The lowest BCUT2D eigenvalue weighted by Crippen LogP contribution is -2.44. The molecule has 0 heterocycles. The Balaban J connectivity index is 2.42. The van der Waals surface area contributed by atoms with Gasteiger partial charge in [-0.3, -0.25) is 4.79 Å². The van der Waals surface area contributed by atoms with Crippen LogP contribution in [0.2, 0.25) is 0 Å². The van der Waals surface area contributed by atoms with Gasteiger partial charge in [0.2, 0.25) is 5.91 Å². The largest absolute Gasteiger partial charge is 0.340 e. The van der Waals surface area contributed by atoms with Gasteiger partial charge in [-0.2, -0.15) is 0 Å². The Morgan fingerprint density at radius 1 is 1.32 bits per heavy atom. The van der Waals surface area contributed by atoms with E-state index in [-0.39, 0.29) is 0 Å². The van der Waals surface area contributed by atoms with Gasteiger partial charge in [0.25, 0.3) is 0 Å². The van der Waals surface area contributed by atoms with Crippen LogP contribution in [0, 0.1) is 12.3 Å². The topological polar surface area (TPSA) is 46.3 Å². The van der Waals surface area contributed by atoms with Crippen molar-refractivity contribution < 1.29 is 4.79 Å². The highest BCUT2D eigenvalue weighted by molar-refractivity contribution is 5.76. The van der Waals surface area contributed by atoms with Gasteiger partial charge in [0.15, 0.2) is 0 Å². The van der Waals surface area contributed by atoms with Crippen LogP contribution in [0.25, 0.3) is 0 Å². The average Bonchev–Trinajstić information content (AvgIpc) is 2.42. The van der Waals surface area contributed by atoms with Crippen molar-refractivity contribution in [1.29, 1.82) is 0 Å². The molecule has 1 saturated carbocycles. The van der Waals surface area contributed by atoms with Crippen LogP contribution >= 0.6 is 0 Å². The van der Waals surface area contributed by atoms with Crippen molar-refractivity contribution in [3.63, 3.8) is 0 Å². The van der Waals surface area contributed by atoms with Crippen molar-refractivity contribution in [1.82, 2.24) is 4.90 Å². The van der Waals surface area contributed by atoms with Crippen LogP contribution in [0.5, 0.6) is 0 Å². The smallest absolute Gasteiger partial charge is 0.222 e. The van der Waals surface area contributed by atoms with E-state index < -0.39 is 0 Å². The van der Waals surface area contributed by atoms with Gasteiger partial charge in [-0.25, -0.2) is 0 Å². The van der Waals surface area contributed by atoms with E-state index in [1.54, 1.807) is 0 Å². The third kappa shape index (κ3) is 5.65. The minimum Gasteiger partial charge on any atom is -0.340 e. The standard InChI is InChI=1S/C16H28N2O/c1-3-5-6-7-8-16(19)18(13-4-2)15-11-9-14(17)10-12-15/h1,14-15H,4-13,17H2,2H3. The zero-order valence-corrected chi connectivity index (χ0v) is 12.2. The summed E-state index contributed by atoms with van der Waals surface area (Å²) in [5, 5.41) is 0. The van der Waals surface area contributed by atoms with Gasteiger partial charge in [-0.1, -0.05) is 6.92 Å². The molecule has 1 amide bonds. The SMILES string of the molecule is C#CCCCCC(=O)N(CCC)C1CCC(N)CC1. The number of rotatable bonds is 7. The molecule has 19 heavy (non-hydrogen) atoms. The Morgan fingerprint density at radius 2 is 2.00 bits per heavy atom. The molecule has 0 aliphatic heterocycles. The zero-order chi connectivity index (χ0) is 14.1. The number of nitrogens with two attached hydrogens (primary N) is 1. The van der Waals surface area contributed by atoms with Crippen LogP contribution < -0.4 is 5.73 Å². The van der Waals surface area contributed by atoms with Gasteiger partial charge in [0.05, 0.1) is 0 Å². The molecule has 0 spiro atoms. The summed E-state index contributed by atoms with van der Waals surface area (Å²) in [6.45, 7) is 3.01. The summed E-state index contributed by atoms with van der Waals surface area (Å²) >= 11 is 0. The molecule has 1 aliphatic rings. The van der Waals surface area contributed by atoms with Crippen molar-refractivity contribution in [3.05, 3.63) is 0 Å². The van der Waals surface area contributed by atoms with Gasteiger partial charge in [-0.05, 0) is 44.9 Å². The third-order valence-electron chi connectivity index (χ3n) is 3.93. The molecule has 0 atom stereocenters. The minimum atomic E-state index is 0.305. The van der Waals surface area contributed by atoms with Gasteiger partial charge in [0, 0.05) is 31.5 Å². The maximum absolute atomic E-state index is 12.3. The molecule has 3 nitrogen and oxygen atoms in total. The minimum absolute atomic E-state index is 0.305. The molecule has 0 aromatic carbocycles. The summed E-state index contributed by atoms with van der Waals surface area (Å²) in [7, 11) is 0. The fourth-order valence-corrected chi connectivity index (χ4v) is 2.81. The van der Waals surface area contributed by atoms with E-state index in [1.165, 1.54) is 0 Å². The number of terminal acetylenes is 1. The third-order valence-corrected chi connectivity index (χ3v) is 3.93. The molecule has 2 N–H and O–H groups in total. The lowest BCUT2D eigenvalue weighted by atomic mass is 9.90. The Morgan fingerprint density at radius 3 is 2.58 bits per heavy atom. The monoisotopic (exact) mass is 264 g/mol. The Bertz CT molecular complexity index is 300. The summed E-state index contributed by atoms with van der Waals surface area (Å²) in [5.41, 5.74) is 5.94. The van der Waals surface area contributed by atoms with Crippen molar-refractivity contribution in [2.75, 3.05) is 6.54 Å². The number of hydrogen-bond acceptors (Lipinski definition) is 2. The van der Waals surface area contributed by atoms with E-state index in [9.17, 15) is 4.79 Å². The number of carbonyl (C=O) groups excluding carboxylic acids is 1. The quantitative estimate of drug-likeness (QED) is 0.567. The summed E-state index contributed by atoms with van der Waals surface area (Å²) in [6.07, 6.45) is 13.8. The molecule has 108 valence electrons. The van der Waals surface area contributed by atoms with E-state index >= 15 is 0 Å². The molecule has 1 rings (SSSR count). The molecule has 0 unspecified atom stereocenters. The fraction of sp³-hybridized carbons (Fsp3) is 0.812. The normalized spacial score (nSPS) is 22.8. The summed E-state index contributed by atoms with van der Waals surface area (Å²) in [5.74, 6) is 2.93. The number of unbranched alkanes of at least 4 members (excludes halogenated alkanes) is 2. The second kappa shape index (κ2) is 8.98. The van der Waals surface area contributed by atoms with Crippen LogP contribution in [0.15, 0.2) is 0 Å². The molecule has 0 saturated heterocycles. The van der Waals surface area contributed by atoms with E-state index in [0.29, 0.717) is 24.4 Å². The van der Waals surface area contributed by atoms with Crippen LogP contribution in [0.3, 0.4) is 0 Å². The van der Waals surface area contributed by atoms with Crippen molar-refractivity contribution in [2.45, 2.75) is 76.8 Å². The zero-order valence-electron chi connectivity index (χ0n) is 12.2. The second-order valence-corrected chi connectivity index (χ2v) is 5.57.